The molecule has 8 heteroatoms. The second kappa shape index (κ2) is 9.28. The highest BCUT2D eigenvalue weighted by Crippen LogP contribution is 2.25. The minimum atomic E-state index is -0.730. The molecule has 1 fully saturated rings. The number of rotatable bonds is 5. The first-order chi connectivity index (χ1) is 13.2. The van der Waals surface area contributed by atoms with E-state index in [1.807, 2.05) is 23.6 Å². The molecular formula is C19H20N4O3S. The summed E-state index contributed by atoms with van der Waals surface area (Å²) in [6.45, 7) is 3.25. The molecule has 27 heavy (non-hydrogen) atoms. The molecule has 3 rings (SSSR count). The van der Waals surface area contributed by atoms with Crippen molar-refractivity contribution in [3.63, 3.8) is 0 Å². The molecule has 1 aromatic carbocycles. The van der Waals surface area contributed by atoms with E-state index in [4.69, 9.17) is 10.00 Å². The zero-order chi connectivity index (χ0) is 19.1. The standard InChI is InChI=1S/C19H20N4O3S/c20-12-14-3-5-15(6-4-14)22-19(25)18(24)21-13-16(17-2-1-11-27-17)23-7-9-26-10-8-23/h1-6,11,16H,7-10,13H2,(H,21,24)(H,22,25)/t16-/m0/s1. The second-order valence-electron chi connectivity index (χ2n) is 6.03. The van der Waals surface area contributed by atoms with Gasteiger partial charge in [-0.05, 0) is 35.7 Å². The molecule has 140 valence electrons. The summed E-state index contributed by atoms with van der Waals surface area (Å²) in [7, 11) is 0. The van der Waals surface area contributed by atoms with E-state index in [9.17, 15) is 9.59 Å². The smallest absolute Gasteiger partial charge is 0.313 e. The third-order valence-electron chi connectivity index (χ3n) is 4.29. The molecule has 0 radical (unpaired) electrons. The van der Waals surface area contributed by atoms with Crippen LogP contribution in [0.2, 0.25) is 0 Å². The highest BCUT2D eigenvalue weighted by Gasteiger charge is 2.25. The first-order valence-electron chi connectivity index (χ1n) is 8.62. The zero-order valence-electron chi connectivity index (χ0n) is 14.7. The van der Waals surface area contributed by atoms with Crippen molar-refractivity contribution in [1.29, 1.82) is 5.26 Å². The van der Waals surface area contributed by atoms with Crippen LogP contribution in [0.3, 0.4) is 0 Å². The summed E-state index contributed by atoms with van der Waals surface area (Å²) in [6, 6.07) is 12.4. The minimum absolute atomic E-state index is 0.0144. The van der Waals surface area contributed by atoms with Crippen molar-refractivity contribution >= 4 is 28.8 Å². The predicted octanol–water partition coefficient (Wildman–Crippen LogP) is 1.75. The van der Waals surface area contributed by atoms with Gasteiger partial charge in [0.1, 0.15) is 0 Å². The number of hydrogen-bond acceptors (Lipinski definition) is 6. The number of thiophene rings is 1. The van der Waals surface area contributed by atoms with E-state index in [1.165, 1.54) is 0 Å². The van der Waals surface area contributed by atoms with Gasteiger partial charge in [0.2, 0.25) is 0 Å². The summed E-state index contributed by atoms with van der Waals surface area (Å²) in [5.41, 5.74) is 0.957. The van der Waals surface area contributed by atoms with Crippen molar-refractivity contribution in [1.82, 2.24) is 10.2 Å². The predicted molar refractivity (Wildman–Crippen MR) is 102 cm³/mol. The van der Waals surface area contributed by atoms with E-state index >= 15 is 0 Å². The molecule has 1 atom stereocenters. The number of amides is 2. The summed E-state index contributed by atoms with van der Waals surface area (Å²) in [5.74, 6) is -1.42. The Labute approximate surface area is 161 Å². The quantitative estimate of drug-likeness (QED) is 0.766. The van der Waals surface area contributed by atoms with E-state index < -0.39 is 11.8 Å². The Morgan fingerprint density at radius 1 is 1.19 bits per heavy atom. The Hall–Kier alpha value is -2.73. The fraction of sp³-hybridized carbons (Fsp3) is 0.316. The molecule has 2 amide bonds. The number of carbonyl (C=O) groups excluding carboxylic acids is 2. The Balaban J connectivity index is 1.57. The van der Waals surface area contributed by atoms with Crippen LogP contribution >= 0.6 is 11.3 Å². The number of anilines is 1. The van der Waals surface area contributed by atoms with Gasteiger partial charge in [-0.3, -0.25) is 14.5 Å². The van der Waals surface area contributed by atoms with Crippen molar-refractivity contribution in [2.45, 2.75) is 6.04 Å². The molecule has 2 heterocycles. The van der Waals surface area contributed by atoms with Gasteiger partial charge < -0.3 is 15.4 Å². The summed E-state index contributed by atoms with van der Waals surface area (Å²) >= 11 is 1.63. The van der Waals surface area contributed by atoms with E-state index in [-0.39, 0.29) is 6.04 Å². The number of ether oxygens (including phenoxy) is 1. The Morgan fingerprint density at radius 3 is 2.56 bits per heavy atom. The lowest BCUT2D eigenvalue weighted by atomic mass is 10.2. The molecule has 0 saturated carbocycles. The maximum absolute atomic E-state index is 12.2. The molecule has 2 N–H and O–H groups in total. The molecule has 0 aliphatic carbocycles. The lowest BCUT2D eigenvalue weighted by Gasteiger charge is -2.34. The molecule has 1 aliphatic heterocycles. The van der Waals surface area contributed by atoms with Crippen LogP contribution in [0.4, 0.5) is 5.69 Å². The number of benzene rings is 1. The van der Waals surface area contributed by atoms with Gasteiger partial charge in [0.15, 0.2) is 0 Å². The van der Waals surface area contributed by atoms with Gasteiger partial charge in [-0.15, -0.1) is 11.3 Å². The fourth-order valence-electron chi connectivity index (χ4n) is 2.87. The third-order valence-corrected chi connectivity index (χ3v) is 5.27. The summed E-state index contributed by atoms with van der Waals surface area (Å²) in [6.07, 6.45) is 0. The summed E-state index contributed by atoms with van der Waals surface area (Å²) in [5, 5.41) is 16.1. The first kappa shape index (κ1) is 19.0. The molecule has 0 bridgehead atoms. The van der Waals surface area contributed by atoms with Gasteiger partial charge in [0, 0.05) is 30.2 Å². The Morgan fingerprint density at radius 2 is 1.93 bits per heavy atom. The van der Waals surface area contributed by atoms with Gasteiger partial charge in [-0.1, -0.05) is 6.07 Å². The van der Waals surface area contributed by atoms with Gasteiger partial charge >= 0.3 is 11.8 Å². The highest BCUT2D eigenvalue weighted by atomic mass is 32.1. The van der Waals surface area contributed by atoms with E-state index in [2.05, 4.69) is 15.5 Å². The van der Waals surface area contributed by atoms with Crippen molar-refractivity contribution in [2.75, 3.05) is 38.2 Å². The van der Waals surface area contributed by atoms with Crippen LogP contribution in [0.25, 0.3) is 0 Å². The van der Waals surface area contributed by atoms with Crippen LogP contribution in [0.15, 0.2) is 41.8 Å². The SMILES string of the molecule is N#Cc1ccc(NC(=O)C(=O)NC[C@@H](c2cccs2)N2CCOCC2)cc1. The van der Waals surface area contributed by atoms with Crippen LogP contribution < -0.4 is 10.6 Å². The maximum atomic E-state index is 12.2. The summed E-state index contributed by atoms with van der Waals surface area (Å²) in [4.78, 5) is 27.7. The van der Waals surface area contributed by atoms with Gasteiger partial charge in [-0.2, -0.15) is 5.26 Å². The van der Waals surface area contributed by atoms with Crippen molar-refractivity contribution in [3.8, 4) is 6.07 Å². The number of morpholine rings is 1. The van der Waals surface area contributed by atoms with Gasteiger partial charge in [0.25, 0.3) is 0 Å². The number of carbonyl (C=O) groups is 2. The topological polar surface area (TPSA) is 94.5 Å². The van der Waals surface area contributed by atoms with E-state index in [1.54, 1.807) is 35.6 Å². The normalized spacial score (nSPS) is 15.5. The molecule has 7 nitrogen and oxygen atoms in total. The molecule has 1 saturated heterocycles. The lowest BCUT2D eigenvalue weighted by Crippen LogP contribution is -2.45. The number of hydrogen-bond donors (Lipinski definition) is 2. The first-order valence-corrected chi connectivity index (χ1v) is 9.50. The van der Waals surface area contributed by atoms with Gasteiger partial charge in [0.05, 0.1) is 30.9 Å². The fourth-order valence-corrected chi connectivity index (χ4v) is 3.73. The highest BCUT2D eigenvalue weighted by molar-refractivity contribution is 7.10. The number of nitriles is 1. The number of nitrogens with zero attached hydrogens (tertiary/aromatic N) is 2. The average molecular weight is 384 g/mol. The molecule has 1 aromatic heterocycles. The van der Waals surface area contributed by atoms with E-state index in [0.29, 0.717) is 31.0 Å². The van der Waals surface area contributed by atoms with Crippen LogP contribution in [0.1, 0.15) is 16.5 Å². The van der Waals surface area contributed by atoms with Gasteiger partial charge in [-0.25, -0.2) is 0 Å². The van der Waals surface area contributed by atoms with Crippen LogP contribution in [0, 0.1) is 11.3 Å². The minimum Gasteiger partial charge on any atom is -0.379 e. The molecule has 0 spiro atoms. The molecule has 2 aromatic rings. The Kier molecular flexibility index (Phi) is 6.54. The molecular weight excluding hydrogens is 364 g/mol. The Bertz CT molecular complexity index is 808. The summed E-state index contributed by atoms with van der Waals surface area (Å²) < 4.78 is 5.40. The lowest BCUT2D eigenvalue weighted by molar-refractivity contribution is -0.136. The van der Waals surface area contributed by atoms with Crippen LogP contribution in [0.5, 0.6) is 0 Å². The maximum Gasteiger partial charge on any atom is 0.313 e. The largest absolute Gasteiger partial charge is 0.379 e. The molecule has 0 unspecified atom stereocenters. The molecule has 1 aliphatic rings. The third kappa shape index (κ3) is 5.14. The van der Waals surface area contributed by atoms with Crippen molar-refractivity contribution < 1.29 is 14.3 Å². The monoisotopic (exact) mass is 384 g/mol. The average Bonchev–Trinajstić information content (AvgIpc) is 3.24. The zero-order valence-corrected chi connectivity index (χ0v) is 15.5. The second-order valence-corrected chi connectivity index (χ2v) is 7.01. The van der Waals surface area contributed by atoms with Crippen LogP contribution in [-0.4, -0.2) is 49.6 Å². The van der Waals surface area contributed by atoms with Crippen molar-refractivity contribution in [3.05, 3.63) is 52.2 Å². The number of nitrogens with one attached hydrogen (secondary N) is 2. The van der Waals surface area contributed by atoms with Crippen LogP contribution in [-0.2, 0) is 14.3 Å². The van der Waals surface area contributed by atoms with Crippen molar-refractivity contribution in [2.24, 2.45) is 0 Å². The van der Waals surface area contributed by atoms with E-state index in [0.717, 1.165) is 18.0 Å².